The number of rotatable bonds is 4. The lowest BCUT2D eigenvalue weighted by atomic mass is 10.1. The van der Waals surface area contributed by atoms with Crippen LogP contribution in [0.5, 0.6) is 11.5 Å². The van der Waals surface area contributed by atoms with Gasteiger partial charge in [-0.25, -0.2) is 0 Å². The molecule has 0 unspecified atom stereocenters. The first kappa shape index (κ1) is 18.8. The van der Waals surface area contributed by atoms with E-state index in [0.717, 1.165) is 12.1 Å². The van der Waals surface area contributed by atoms with E-state index in [4.69, 9.17) is 16.3 Å². The summed E-state index contributed by atoms with van der Waals surface area (Å²) in [5.74, 6) is -0.155. The van der Waals surface area contributed by atoms with Crippen molar-refractivity contribution in [2.24, 2.45) is 0 Å². The zero-order valence-electron chi connectivity index (χ0n) is 13.8. The lowest BCUT2D eigenvalue weighted by Gasteiger charge is -2.15. The molecule has 7 heteroatoms. The standard InChI is InChI=1S/C20H13ClF3NO2/c21-13-10-11-18(27-14-6-2-1-3-7-14)17(12-13)25-19(26)15-8-4-5-9-16(15)20(22,23)24/h1-12H,(H,25,26). The number of nitrogens with one attached hydrogen (secondary N) is 1. The van der Waals surface area contributed by atoms with Gasteiger partial charge in [-0.1, -0.05) is 41.9 Å². The monoisotopic (exact) mass is 391 g/mol. The maximum Gasteiger partial charge on any atom is 0.417 e. The molecule has 0 aliphatic rings. The number of para-hydroxylation sites is 1. The maximum absolute atomic E-state index is 13.2. The number of ether oxygens (including phenoxy) is 1. The van der Waals surface area contributed by atoms with Gasteiger partial charge < -0.3 is 10.1 Å². The van der Waals surface area contributed by atoms with E-state index in [9.17, 15) is 18.0 Å². The minimum Gasteiger partial charge on any atom is -0.455 e. The summed E-state index contributed by atoms with van der Waals surface area (Å²) in [6, 6.07) is 17.8. The summed E-state index contributed by atoms with van der Waals surface area (Å²) in [6.07, 6.45) is -4.65. The van der Waals surface area contributed by atoms with Crippen molar-refractivity contribution >= 4 is 23.2 Å². The molecule has 0 saturated heterocycles. The van der Waals surface area contributed by atoms with Crippen molar-refractivity contribution in [3.8, 4) is 11.5 Å². The van der Waals surface area contributed by atoms with E-state index >= 15 is 0 Å². The second kappa shape index (κ2) is 7.72. The number of amides is 1. The number of carbonyl (C=O) groups is 1. The van der Waals surface area contributed by atoms with Crippen molar-refractivity contribution in [3.63, 3.8) is 0 Å². The van der Waals surface area contributed by atoms with Crippen molar-refractivity contribution in [1.29, 1.82) is 0 Å². The summed E-state index contributed by atoms with van der Waals surface area (Å²) in [7, 11) is 0. The van der Waals surface area contributed by atoms with Gasteiger partial charge >= 0.3 is 6.18 Å². The predicted molar refractivity (Wildman–Crippen MR) is 97.4 cm³/mol. The lowest BCUT2D eigenvalue weighted by Crippen LogP contribution is -2.18. The van der Waals surface area contributed by atoms with Crippen LogP contribution in [-0.2, 0) is 6.18 Å². The van der Waals surface area contributed by atoms with E-state index in [-0.39, 0.29) is 11.4 Å². The first-order valence-corrected chi connectivity index (χ1v) is 8.22. The van der Waals surface area contributed by atoms with Gasteiger partial charge in [0, 0.05) is 5.02 Å². The molecule has 3 aromatic rings. The van der Waals surface area contributed by atoms with Crippen LogP contribution >= 0.6 is 11.6 Å². The van der Waals surface area contributed by atoms with E-state index in [1.54, 1.807) is 30.3 Å². The Bertz CT molecular complexity index is 959. The number of anilines is 1. The Kier molecular flexibility index (Phi) is 5.37. The van der Waals surface area contributed by atoms with Gasteiger partial charge in [0.2, 0.25) is 0 Å². The molecule has 0 radical (unpaired) electrons. The van der Waals surface area contributed by atoms with E-state index in [1.165, 1.54) is 24.3 Å². The number of alkyl halides is 3. The van der Waals surface area contributed by atoms with Crippen LogP contribution in [-0.4, -0.2) is 5.91 Å². The lowest BCUT2D eigenvalue weighted by molar-refractivity contribution is -0.137. The topological polar surface area (TPSA) is 38.3 Å². The van der Waals surface area contributed by atoms with Gasteiger partial charge in [-0.2, -0.15) is 13.2 Å². The Morgan fingerprint density at radius 1 is 0.926 bits per heavy atom. The fraction of sp³-hybridized carbons (Fsp3) is 0.0500. The third-order valence-electron chi connectivity index (χ3n) is 3.64. The van der Waals surface area contributed by atoms with Crippen LogP contribution < -0.4 is 10.1 Å². The zero-order chi connectivity index (χ0) is 19.4. The van der Waals surface area contributed by atoms with Gasteiger partial charge in [0.05, 0.1) is 16.8 Å². The molecule has 0 heterocycles. The first-order valence-electron chi connectivity index (χ1n) is 7.84. The summed E-state index contributed by atoms with van der Waals surface area (Å²) in [4.78, 5) is 12.5. The van der Waals surface area contributed by atoms with Gasteiger partial charge in [-0.3, -0.25) is 4.79 Å². The van der Waals surface area contributed by atoms with Crippen molar-refractivity contribution in [2.45, 2.75) is 6.18 Å². The number of benzene rings is 3. The first-order chi connectivity index (χ1) is 12.8. The zero-order valence-corrected chi connectivity index (χ0v) is 14.5. The van der Waals surface area contributed by atoms with Gasteiger partial charge in [0.1, 0.15) is 5.75 Å². The van der Waals surface area contributed by atoms with E-state index < -0.39 is 23.2 Å². The second-order valence-corrected chi connectivity index (χ2v) is 5.99. The van der Waals surface area contributed by atoms with Crippen molar-refractivity contribution in [2.75, 3.05) is 5.32 Å². The van der Waals surface area contributed by atoms with Crippen molar-refractivity contribution < 1.29 is 22.7 Å². The van der Waals surface area contributed by atoms with Crippen LogP contribution in [0.15, 0.2) is 72.8 Å². The molecule has 0 fully saturated rings. The molecule has 1 N–H and O–H groups in total. The SMILES string of the molecule is O=C(Nc1cc(Cl)ccc1Oc1ccccc1)c1ccccc1C(F)(F)F. The molecule has 3 aromatic carbocycles. The quantitative estimate of drug-likeness (QED) is 0.558. The predicted octanol–water partition coefficient (Wildman–Crippen LogP) is 6.40. The average Bonchev–Trinajstić information content (AvgIpc) is 2.64. The molecule has 3 rings (SSSR count). The van der Waals surface area contributed by atoms with Crippen LogP contribution in [0.3, 0.4) is 0 Å². The molecule has 0 bridgehead atoms. The fourth-order valence-electron chi connectivity index (χ4n) is 2.42. The Hall–Kier alpha value is -2.99. The molecule has 0 aliphatic heterocycles. The van der Waals surface area contributed by atoms with Crippen LogP contribution in [0.4, 0.5) is 18.9 Å². The van der Waals surface area contributed by atoms with Crippen molar-refractivity contribution in [1.82, 2.24) is 0 Å². The Labute approximate surface area is 158 Å². The average molecular weight is 392 g/mol. The molecule has 0 aromatic heterocycles. The summed E-state index contributed by atoms with van der Waals surface area (Å²) in [5.41, 5.74) is -1.35. The smallest absolute Gasteiger partial charge is 0.417 e. The molecule has 27 heavy (non-hydrogen) atoms. The highest BCUT2D eigenvalue weighted by Gasteiger charge is 2.35. The number of halogens is 4. The minimum absolute atomic E-state index is 0.160. The van der Waals surface area contributed by atoms with Gasteiger partial charge in [0.25, 0.3) is 5.91 Å². The molecule has 0 spiro atoms. The molecule has 0 saturated carbocycles. The minimum atomic E-state index is -4.65. The van der Waals surface area contributed by atoms with Crippen LogP contribution in [0.2, 0.25) is 5.02 Å². The highest BCUT2D eigenvalue weighted by Crippen LogP contribution is 2.35. The third kappa shape index (κ3) is 4.60. The van der Waals surface area contributed by atoms with Crippen LogP contribution in [0.1, 0.15) is 15.9 Å². The highest BCUT2D eigenvalue weighted by molar-refractivity contribution is 6.31. The summed E-state index contributed by atoms with van der Waals surface area (Å²) >= 11 is 5.97. The molecule has 0 atom stereocenters. The number of hydrogen-bond acceptors (Lipinski definition) is 2. The summed E-state index contributed by atoms with van der Waals surface area (Å²) in [6.45, 7) is 0. The molecule has 3 nitrogen and oxygen atoms in total. The Morgan fingerprint density at radius 3 is 2.30 bits per heavy atom. The van der Waals surface area contributed by atoms with Gasteiger partial charge in [-0.05, 0) is 42.5 Å². The molecule has 1 amide bonds. The normalized spacial score (nSPS) is 11.1. The van der Waals surface area contributed by atoms with Gasteiger partial charge in [-0.15, -0.1) is 0 Å². The van der Waals surface area contributed by atoms with E-state index in [0.29, 0.717) is 10.8 Å². The van der Waals surface area contributed by atoms with E-state index in [1.807, 2.05) is 6.07 Å². The summed E-state index contributed by atoms with van der Waals surface area (Å²) < 4.78 is 45.2. The largest absolute Gasteiger partial charge is 0.455 e. The van der Waals surface area contributed by atoms with Crippen LogP contribution in [0.25, 0.3) is 0 Å². The maximum atomic E-state index is 13.2. The number of hydrogen-bond donors (Lipinski definition) is 1. The second-order valence-electron chi connectivity index (χ2n) is 5.55. The molecular weight excluding hydrogens is 379 g/mol. The molecule has 0 aliphatic carbocycles. The molecule has 138 valence electrons. The van der Waals surface area contributed by atoms with Crippen LogP contribution in [0, 0.1) is 0 Å². The third-order valence-corrected chi connectivity index (χ3v) is 3.87. The van der Waals surface area contributed by atoms with E-state index in [2.05, 4.69) is 5.32 Å². The fourth-order valence-corrected chi connectivity index (χ4v) is 2.59. The molecular formula is C20H13ClF3NO2. The number of carbonyl (C=O) groups excluding carboxylic acids is 1. The Morgan fingerprint density at radius 2 is 1.59 bits per heavy atom. The Balaban J connectivity index is 1.92. The highest BCUT2D eigenvalue weighted by atomic mass is 35.5. The summed E-state index contributed by atoms with van der Waals surface area (Å²) in [5, 5.41) is 2.75. The van der Waals surface area contributed by atoms with Crippen molar-refractivity contribution in [3.05, 3.63) is 88.9 Å². The van der Waals surface area contributed by atoms with Gasteiger partial charge in [0.15, 0.2) is 5.75 Å².